The van der Waals surface area contributed by atoms with E-state index in [0.29, 0.717) is 24.8 Å². The molecule has 0 aliphatic carbocycles. The standard InChI is InChI=1S/C17H24N4O3.ClH/c1-13-12-20(11-8-18-13)17(22)14-6-9-19(10-7-14)15-4-2-3-5-16(15)21(23)24;/h2-5,13-14,18H,6-12H2,1H3;1H/t13-;/m1./s1. The molecule has 25 heavy (non-hydrogen) atoms. The molecule has 1 amide bonds. The van der Waals surface area contributed by atoms with E-state index in [-0.39, 0.29) is 34.8 Å². The molecule has 1 aromatic carbocycles. The SMILES string of the molecule is C[C@@H]1CN(C(=O)C2CCN(c3ccccc3[N+](=O)[O-])CC2)CCN1.Cl. The largest absolute Gasteiger partial charge is 0.366 e. The van der Waals surface area contributed by atoms with Gasteiger partial charge < -0.3 is 15.1 Å². The second kappa shape index (κ2) is 8.49. The van der Waals surface area contributed by atoms with E-state index < -0.39 is 0 Å². The summed E-state index contributed by atoms with van der Waals surface area (Å²) < 4.78 is 0. The van der Waals surface area contributed by atoms with Crippen LogP contribution in [0.25, 0.3) is 0 Å². The number of carbonyl (C=O) groups is 1. The first-order valence-corrected chi connectivity index (χ1v) is 8.57. The third-order valence-electron chi connectivity index (χ3n) is 4.94. The first kappa shape index (κ1) is 19.5. The van der Waals surface area contributed by atoms with Crippen LogP contribution in [0.4, 0.5) is 11.4 Å². The Bertz CT molecular complexity index is 620. The van der Waals surface area contributed by atoms with Crippen LogP contribution in [-0.4, -0.2) is 54.5 Å². The average Bonchev–Trinajstić information content (AvgIpc) is 2.61. The number of piperazine rings is 1. The molecule has 1 aromatic rings. The van der Waals surface area contributed by atoms with Gasteiger partial charge in [0.25, 0.3) is 5.69 Å². The maximum absolute atomic E-state index is 12.7. The topological polar surface area (TPSA) is 78.7 Å². The fourth-order valence-corrected chi connectivity index (χ4v) is 3.64. The summed E-state index contributed by atoms with van der Waals surface area (Å²) in [4.78, 5) is 27.5. The minimum atomic E-state index is -0.339. The summed E-state index contributed by atoms with van der Waals surface area (Å²) in [5, 5.41) is 14.5. The lowest BCUT2D eigenvalue weighted by Gasteiger charge is -2.38. The minimum Gasteiger partial charge on any atom is -0.366 e. The molecule has 2 saturated heterocycles. The molecule has 7 nitrogen and oxygen atoms in total. The zero-order valence-corrected chi connectivity index (χ0v) is 15.2. The Labute approximate surface area is 153 Å². The van der Waals surface area contributed by atoms with Crippen LogP contribution in [-0.2, 0) is 4.79 Å². The number of para-hydroxylation sites is 2. The first-order valence-electron chi connectivity index (χ1n) is 8.57. The van der Waals surface area contributed by atoms with E-state index in [0.717, 1.165) is 32.5 Å². The van der Waals surface area contributed by atoms with Gasteiger partial charge in [0.1, 0.15) is 5.69 Å². The molecule has 138 valence electrons. The predicted molar refractivity (Wildman–Crippen MR) is 99.3 cm³/mol. The Morgan fingerprint density at radius 1 is 1.24 bits per heavy atom. The second-order valence-electron chi connectivity index (χ2n) is 6.65. The summed E-state index contributed by atoms with van der Waals surface area (Å²) in [6.07, 6.45) is 1.51. The van der Waals surface area contributed by atoms with Crippen molar-refractivity contribution in [3.63, 3.8) is 0 Å². The van der Waals surface area contributed by atoms with Gasteiger partial charge in [-0.1, -0.05) is 12.1 Å². The van der Waals surface area contributed by atoms with Gasteiger partial charge >= 0.3 is 0 Å². The van der Waals surface area contributed by atoms with Crippen LogP contribution in [0.5, 0.6) is 0 Å². The van der Waals surface area contributed by atoms with E-state index in [2.05, 4.69) is 12.2 Å². The molecule has 8 heteroatoms. The highest BCUT2D eigenvalue weighted by Gasteiger charge is 2.31. The Balaban J connectivity index is 0.00000225. The fourth-order valence-electron chi connectivity index (χ4n) is 3.64. The number of nitro groups is 1. The van der Waals surface area contributed by atoms with E-state index in [4.69, 9.17) is 0 Å². The number of piperidine rings is 1. The molecule has 2 aliphatic rings. The Hall–Kier alpha value is -1.86. The number of anilines is 1. The molecule has 2 heterocycles. The summed E-state index contributed by atoms with van der Waals surface area (Å²) in [5.74, 6) is 0.278. The number of rotatable bonds is 3. The van der Waals surface area contributed by atoms with Crippen molar-refractivity contribution in [3.8, 4) is 0 Å². The van der Waals surface area contributed by atoms with Gasteiger partial charge in [0.15, 0.2) is 0 Å². The van der Waals surface area contributed by atoms with Crippen molar-refractivity contribution in [1.29, 1.82) is 0 Å². The third kappa shape index (κ3) is 4.41. The number of benzene rings is 1. The highest BCUT2D eigenvalue weighted by atomic mass is 35.5. The zero-order chi connectivity index (χ0) is 17.1. The number of nitrogens with one attached hydrogen (secondary N) is 1. The lowest BCUT2D eigenvalue weighted by Crippen LogP contribution is -2.53. The number of nitrogens with zero attached hydrogens (tertiary/aromatic N) is 3. The summed E-state index contributed by atoms with van der Waals surface area (Å²) in [7, 11) is 0. The molecule has 0 aromatic heterocycles. The van der Waals surface area contributed by atoms with Gasteiger partial charge in [-0.05, 0) is 25.8 Å². The molecule has 3 rings (SSSR count). The highest BCUT2D eigenvalue weighted by molar-refractivity contribution is 5.85. The molecular weight excluding hydrogens is 344 g/mol. The highest BCUT2D eigenvalue weighted by Crippen LogP contribution is 2.31. The number of carbonyl (C=O) groups excluding carboxylic acids is 1. The lowest BCUT2D eigenvalue weighted by atomic mass is 9.94. The molecule has 1 atom stereocenters. The average molecular weight is 369 g/mol. The van der Waals surface area contributed by atoms with Crippen molar-refractivity contribution in [3.05, 3.63) is 34.4 Å². The molecule has 0 radical (unpaired) electrons. The van der Waals surface area contributed by atoms with Gasteiger partial charge in [0.2, 0.25) is 5.91 Å². The summed E-state index contributed by atoms with van der Waals surface area (Å²) in [6, 6.07) is 7.17. The molecule has 0 spiro atoms. The van der Waals surface area contributed by atoms with Crippen LogP contribution in [0.3, 0.4) is 0 Å². The van der Waals surface area contributed by atoms with Crippen molar-refractivity contribution in [1.82, 2.24) is 10.2 Å². The monoisotopic (exact) mass is 368 g/mol. The molecule has 2 fully saturated rings. The van der Waals surface area contributed by atoms with E-state index in [1.165, 1.54) is 6.07 Å². The number of halogens is 1. The molecule has 1 N–H and O–H groups in total. The van der Waals surface area contributed by atoms with Gasteiger partial charge in [0.05, 0.1) is 4.92 Å². The van der Waals surface area contributed by atoms with Gasteiger partial charge in [-0.15, -0.1) is 12.4 Å². The van der Waals surface area contributed by atoms with E-state index in [1.807, 2.05) is 15.9 Å². The van der Waals surface area contributed by atoms with Crippen LogP contribution < -0.4 is 10.2 Å². The maximum atomic E-state index is 12.7. The first-order chi connectivity index (χ1) is 11.6. The number of nitro benzene ring substituents is 1. The molecule has 0 unspecified atom stereocenters. The third-order valence-corrected chi connectivity index (χ3v) is 4.94. The number of hydrogen-bond donors (Lipinski definition) is 1. The second-order valence-corrected chi connectivity index (χ2v) is 6.65. The smallest absolute Gasteiger partial charge is 0.292 e. The van der Waals surface area contributed by atoms with E-state index in [1.54, 1.807) is 12.1 Å². The minimum absolute atomic E-state index is 0. The fraction of sp³-hybridized carbons (Fsp3) is 0.588. The summed E-state index contributed by atoms with van der Waals surface area (Å²) in [6.45, 7) is 5.85. The van der Waals surface area contributed by atoms with E-state index in [9.17, 15) is 14.9 Å². The zero-order valence-electron chi connectivity index (χ0n) is 14.4. The lowest BCUT2D eigenvalue weighted by molar-refractivity contribution is -0.384. The number of amides is 1. The Morgan fingerprint density at radius 3 is 2.56 bits per heavy atom. The quantitative estimate of drug-likeness (QED) is 0.652. The van der Waals surface area contributed by atoms with Gasteiger partial charge in [-0.3, -0.25) is 14.9 Å². The predicted octanol–water partition coefficient (Wildman–Crippen LogP) is 2.05. The number of hydrogen-bond acceptors (Lipinski definition) is 5. The van der Waals surface area contributed by atoms with Crippen LogP contribution >= 0.6 is 12.4 Å². The van der Waals surface area contributed by atoms with Crippen LogP contribution in [0, 0.1) is 16.0 Å². The van der Waals surface area contributed by atoms with Crippen molar-refractivity contribution in [2.75, 3.05) is 37.6 Å². The van der Waals surface area contributed by atoms with Crippen LogP contribution in [0.15, 0.2) is 24.3 Å². The van der Waals surface area contributed by atoms with Crippen molar-refractivity contribution in [2.45, 2.75) is 25.8 Å². The maximum Gasteiger partial charge on any atom is 0.292 e. The molecule has 0 bridgehead atoms. The summed E-state index contributed by atoms with van der Waals surface area (Å²) >= 11 is 0. The van der Waals surface area contributed by atoms with Crippen molar-refractivity contribution < 1.29 is 9.72 Å². The van der Waals surface area contributed by atoms with Crippen molar-refractivity contribution >= 4 is 29.7 Å². The van der Waals surface area contributed by atoms with Gasteiger partial charge in [0, 0.05) is 50.7 Å². The van der Waals surface area contributed by atoms with Crippen LogP contribution in [0.2, 0.25) is 0 Å². The van der Waals surface area contributed by atoms with E-state index >= 15 is 0 Å². The van der Waals surface area contributed by atoms with Crippen LogP contribution in [0.1, 0.15) is 19.8 Å². The normalized spacial score (nSPS) is 21.6. The van der Waals surface area contributed by atoms with Crippen molar-refractivity contribution in [2.24, 2.45) is 5.92 Å². The molecule has 0 saturated carbocycles. The van der Waals surface area contributed by atoms with Gasteiger partial charge in [-0.2, -0.15) is 0 Å². The Kier molecular flexibility index (Phi) is 6.61. The molecule has 2 aliphatic heterocycles. The van der Waals surface area contributed by atoms with Gasteiger partial charge in [-0.25, -0.2) is 0 Å². The molecular formula is C17H25ClN4O3. The summed E-state index contributed by atoms with van der Waals surface area (Å²) in [5.41, 5.74) is 0.794. The Morgan fingerprint density at radius 2 is 1.92 bits per heavy atom.